The number of thiophene rings is 1. The number of nitriles is 1. The van der Waals surface area contributed by atoms with Crippen LogP contribution < -0.4 is 15.4 Å². The fraction of sp³-hybridized carbons (Fsp3) is 0.452. The summed E-state index contributed by atoms with van der Waals surface area (Å²) in [5.74, 6) is -0.830. The molecule has 3 saturated heterocycles. The molecule has 2 atom stereocenters. The lowest BCUT2D eigenvalue weighted by atomic mass is 9.95. The SMILES string of the molecule is N#Cc1c(N)sc2c(F)ccc(-c3c(Cl)cc4c(N5CCCOCCC5)nc(OC[C@@]56CCCN5C[C@H](F)C6)nc4c3F)c12. The van der Waals surface area contributed by atoms with Crippen molar-refractivity contribution in [1.29, 1.82) is 5.26 Å². The normalized spacial score (nSPS) is 22.7. The van der Waals surface area contributed by atoms with E-state index in [1.807, 2.05) is 6.07 Å². The van der Waals surface area contributed by atoms with Gasteiger partial charge in [0.15, 0.2) is 5.82 Å². The number of halogens is 4. The molecule has 0 unspecified atom stereocenters. The molecule has 4 aromatic rings. The van der Waals surface area contributed by atoms with Crippen LogP contribution >= 0.6 is 22.9 Å². The van der Waals surface area contributed by atoms with Crippen LogP contribution in [-0.2, 0) is 4.74 Å². The summed E-state index contributed by atoms with van der Waals surface area (Å²) in [4.78, 5) is 13.5. The molecule has 0 saturated carbocycles. The largest absolute Gasteiger partial charge is 0.461 e. The summed E-state index contributed by atoms with van der Waals surface area (Å²) in [6.07, 6.45) is 2.70. The minimum absolute atomic E-state index is 0.0109. The van der Waals surface area contributed by atoms with Crippen molar-refractivity contribution in [1.82, 2.24) is 14.9 Å². The molecule has 13 heteroatoms. The number of ether oxygens (including phenoxy) is 2. The van der Waals surface area contributed by atoms with Crippen molar-refractivity contribution in [2.75, 3.05) is 56.6 Å². The van der Waals surface area contributed by atoms with Gasteiger partial charge >= 0.3 is 6.01 Å². The molecule has 5 heterocycles. The minimum atomic E-state index is -0.922. The summed E-state index contributed by atoms with van der Waals surface area (Å²) in [6.45, 7) is 3.80. The Morgan fingerprint density at radius 1 is 1.18 bits per heavy atom. The number of alkyl halides is 1. The first-order chi connectivity index (χ1) is 21.3. The number of rotatable bonds is 5. The Kier molecular flexibility index (Phi) is 7.69. The van der Waals surface area contributed by atoms with E-state index in [0.29, 0.717) is 50.5 Å². The van der Waals surface area contributed by atoms with Crippen LogP contribution in [-0.4, -0.2) is 72.6 Å². The number of nitrogens with zero attached hydrogens (tertiary/aromatic N) is 5. The topological polar surface area (TPSA) is 101 Å². The summed E-state index contributed by atoms with van der Waals surface area (Å²) in [5, 5.41) is 10.6. The summed E-state index contributed by atoms with van der Waals surface area (Å²) in [5.41, 5.74) is 5.87. The van der Waals surface area contributed by atoms with Crippen molar-refractivity contribution >= 4 is 54.7 Å². The number of hydrogen-bond donors (Lipinski definition) is 1. The Morgan fingerprint density at radius 3 is 2.75 bits per heavy atom. The second-order valence-electron chi connectivity index (χ2n) is 11.7. The van der Waals surface area contributed by atoms with Crippen LogP contribution in [0.3, 0.4) is 0 Å². The van der Waals surface area contributed by atoms with E-state index in [-0.39, 0.29) is 54.9 Å². The van der Waals surface area contributed by atoms with Gasteiger partial charge in [-0.05, 0) is 49.9 Å². The molecular formula is C31H30ClF3N6O2S. The Morgan fingerprint density at radius 2 is 1.98 bits per heavy atom. The molecule has 0 radical (unpaired) electrons. The number of aromatic nitrogens is 2. The van der Waals surface area contributed by atoms with E-state index in [1.54, 1.807) is 6.07 Å². The molecule has 0 amide bonds. The molecule has 2 N–H and O–H groups in total. The van der Waals surface area contributed by atoms with Crippen molar-refractivity contribution in [3.05, 3.63) is 40.4 Å². The van der Waals surface area contributed by atoms with Crippen LogP contribution in [0.15, 0.2) is 18.2 Å². The Labute approximate surface area is 261 Å². The van der Waals surface area contributed by atoms with Gasteiger partial charge < -0.3 is 20.1 Å². The monoisotopic (exact) mass is 642 g/mol. The van der Waals surface area contributed by atoms with Gasteiger partial charge in [0, 0.05) is 55.6 Å². The highest BCUT2D eigenvalue weighted by Crippen LogP contribution is 2.46. The van der Waals surface area contributed by atoms with Crippen molar-refractivity contribution in [3.63, 3.8) is 0 Å². The molecule has 0 spiro atoms. The predicted octanol–water partition coefficient (Wildman–Crippen LogP) is 6.47. The maximum absolute atomic E-state index is 16.8. The van der Waals surface area contributed by atoms with E-state index in [2.05, 4.69) is 14.8 Å². The third-order valence-electron chi connectivity index (χ3n) is 9.01. The minimum Gasteiger partial charge on any atom is -0.461 e. The fourth-order valence-corrected chi connectivity index (χ4v) is 8.25. The molecule has 2 aromatic heterocycles. The summed E-state index contributed by atoms with van der Waals surface area (Å²) < 4.78 is 58.0. The van der Waals surface area contributed by atoms with Gasteiger partial charge in [-0.1, -0.05) is 17.7 Å². The van der Waals surface area contributed by atoms with E-state index >= 15 is 4.39 Å². The Balaban J connectivity index is 1.39. The molecule has 0 aliphatic carbocycles. The van der Waals surface area contributed by atoms with Crippen LogP contribution in [0.5, 0.6) is 6.01 Å². The predicted molar refractivity (Wildman–Crippen MR) is 165 cm³/mol. The molecule has 3 aliphatic rings. The first kappa shape index (κ1) is 29.3. The lowest BCUT2D eigenvalue weighted by Crippen LogP contribution is -2.43. The van der Waals surface area contributed by atoms with Crippen LogP contribution in [0.2, 0.25) is 5.02 Å². The van der Waals surface area contributed by atoms with Crippen molar-refractivity contribution in [2.24, 2.45) is 0 Å². The van der Waals surface area contributed by atoms with Gasteiger partial charge in [-0.2, -0.15) is 15.2 Å². The maximum atomic E-state index is 16.8. The molecule has 7 rings (SSSR count). The van der Waals surface area contributed by atoms with Gasteiger partial charge in [-0.25, -0.2) is 13.2 Å². The second kappa shape index (κ2) is 11.5. The summed E-state index contributed by atoms with van der Waals surface area (Å²) in [6, 6.07) is 6.25. The highest BCUT2D eigenvalue weighted by Gasteiger charge is 2.49. The molecule has 2 aromatic carbocycles. The number of fused-ring (bicyclic) bond motifs is 3. The highest BCUT2D eigenvalue weighted by molar-refractivity contribution is 7.23. The van der Waals surface area contributed by atoms with E-state index in [4.69, 9.17) is 31.8 Å². The van der Waals surface area contributed by atoms with Gasteiger partial charge in [0.25, 0.3) is 0 Å². The zero-order valence-corrected chi connectivity index (χ0v) is 25.4. The molecular weight excluding hydrogens is 613 g/mol. The molecule has 44 heavy (non-hydrogen) atoms. The summed E-state index contributed by atoms with van der Waals surface area (Å²) >= 11 is 7.73. The third-order valence-corrected chi connectivity index (χ3v) is 10.3. The average molecular weight is 643 g/mol. The smallest absolute Gasteiger partial charge is 0.319 e. The standard InChI is InChI=1S/C31H30ClF3N6O2S/c32-21-12-19-26(25(35)24(21)18-4-5-22(34)27-23(18)20(14-36)28(37)44-27)38-30(39-29(19)40-7-2-10-42-11-3-8-40)43-16-31-6-1-9-41(31)15-17(33)13-31/h4-5,12,17H,1-3,6-11,13,15-16,37H2/t17-,31+/m1/s1. The number of nitrogen functional groups attached to an aromatic ring is 1. The maximum Gasteiger partial charge on any atom is 0.319 e. The highest BCUT2D eigenvalue weighted by atomic mass is 35.5. The number of benzene rings is 2. The second-order valence-corrected chi connectivity index (χ2v) is 13.2. The van der Waals surface area contributed by atoms with Gasteiger partial charge in [-0.15, -0.1) is 11.3 Å². The number of nitrogens with two attached hydrogens (primary N) is 1. The van der Waals surface area contributed by atoms with Crippen LogP contribution in [0.4, 0.5) is 24.0 Å². The average Bonchev–Trinajstić information content (AvgIpc) is 3.62. The van der Waals surface area contributed by atoms with Crippen LogP contribution in [0.1, 0.15) is 37.7 Å². The fourth-order valence-electron chi connectivity index (χ4n) is 7.01. The lowest BCUT2D eigenvalue weighted by Gasteiger charge is -2.31. The lowest BCUT2D eigenvalue weighted by molar-refractivity contribution is 0.107. The van der Waals surface area contributed by atoms with Crippen molar-refractivity contribution in [3.8, 4) is 23.2 Å². The third kappa shape index (κ3) is 4.90. The van der Waals surface area contributed by atoms with Gasteiger partial charge in [0.2, 0.25) is 0 Å². The zero-order valence-electron chi connectivity index (χ0n) is 23.8. The summed E-state index contributed by atoms with van der Waals surface area (Å²) in [7, 11) is 0. The zero-order chi connectivity index (χ0) is 30.6. The van der Waals surface area contributed by atoms with Gasteiger partial charge in [0.05, 0.1) is 20.8 Å². The quantitative estimate of drug-likeness (QED) is 0.264. The first-order valence-electron chi connectivity index (χ1n) is 14.7. The van der Waals surface area contributed by atoms with E-state index < -0.39 is 23.3 Å². The van der Waals surface area contributed by atoms with E-state index in [9.17, 15) is 14.0 Å². The Hall–Kier alpha value is -3.37. The first-order valence-corrected chi connectivity index (χ1v) is 15.9. The molecule has 8 nitrogen and oxygen atoms in total. The molecule has 3 fully saturated rings. The Bertz CT molecular complexity index is 1810. The number of hydrogen-bond acceptors (Lipinski definition) is 9. The number of anilines is 2. The van der Waals surface area contributed by atoms with Crippen molar-refractivity contribution < 1.29 is 22.6 Å². The molecule has 0 bridgehead atoms. The van der Waals surface area contributed by atoms with E-state index in [0.717, 1.165) is 43.6 Å². The van der Waals surface area contributed by atoms with Crippen LogP contribution in [0, 0.1) is 23.0 Å². The van der Waals surface area contributed by atoms with Crippen LogP contribution in [0.25, 0.3) is 32.1 Å². The van der Waals surface area contributed by atoms with Gasteiger partial charge in [-0.3, -0.25) is 4.90 Å². The molecule has 3 aliphatic heterocycles. The van der Waals surface area contributed by atoms with Crippen molar-refractivity contribution in [2.45, 2.75) is 43.8 Å². The molecule has 230 valence electrons. The van der Waals surface area contributed by atoms with Gasteiger partial charge in [0.1, 0.15) is 41.0 Å². The van der Waals surface area contributed by atoms with E-state index in [1.165, 1.54) is 12.1 Å².